The highest BCUT2D eigenvalue weighted by Gasteiger charge is 2.17. The van der Waals surface area contributed by atoms with Crippen LogP contribution < -0.4 is 0 Å². The molecule has 0 aliphatic heterocycles. The summed E-state index contributed by atoms with van der Waals surface area (Å²) in [6, 6.07) is 7.70. The summed E-state index contributed by atoms with van der Waals surface area (Å²) < 4.78 is 3.44. The SMILES string of the molecule is CCn1ncc(Cl)c1C(=O)Cn1cnc2ccccc21. The van der Waals surface area contributed by atoms with Gasteiger partial charge in [0, 0.05) is 6.54 Å². The van der Waals surface area contributed by atoms with Gasteiger partial charge in [0.15, 0.2) is 0 Å². The lowest BCUT2D eigenvalue weighted by molar-refractivity contribution is 0.0963. The van der Waals surface area contributed by atoms with Gasteiger partial charge in [0.05, 0.1) is 35.1 Å². The monoisotopic (exact) mass is 288 g/mol. The van der Waals surface area contributed by atoms with Crippen molar-refractivity contribution in [3.63, 3.8) is 0 Å². The molecule has 2 heterocycles. The molecule has 0 atom stereocenters. The van der Waals surface area contributed by atoms with Crippen molar-refractivity contribution in [2.45, 2.75) is 20.0 Å². The molecule has 0 saturated carbocycles. The van der Waals surface area contributed by atoms with Crippen LogP contribution in [0, 0.1) is 0 Å². The molecule has 0 radical (unpaired) electrons. The Morgan fingerprint density at radius 2 is 2.15 bits per heavy atom. The highest BCUT2D eigenvalue weighted by molar-refractivity contribution is 6.33. The normalized spacial score (nSPS) is 11.1. The van der Waals surface area contributed by atoms with Crippen molar-refractivity contribution >= 4 is 28.4 Å². The van der Waals surface area contributed by atoms with Gasteiger partial charge >= 0.3 is 0 Å². The van der Waals surface area contributed by atoms with Gasteiger partial charge in [-0.2, -0.15) is 5.10 Å². The Balaban J connectivity index is 1.95. The summed E-state index contributed by atoms with van der Waals surface area (Å²) in [6.07, 6.45) is 3.17. The summed E-state index contributed by atoms with van der Waals surface area (Å²) >= 11 is 6.05. The number of carbonyl (C=O) groups excluding carboxylic acids is 1. The molecule has 0 spiro atoms. The van der Waals surface area contributed by atoms with Gasteiger partial charge < -0.3 is 4.57 Å². The average Bonchev–Trinajstić information content (AvgIpc) is 3.03. The molecule has 0 N–H and O–H groups in total. The smallest absolute Gasteiger partial charge is 0.202 e. The number of imidazole rings is 1. The van der Waals surface area contributed by atoms with E-state index >= 15 is 0 Å². The minimum Gasteiger partial charge on any atom is -0.323 e. The van der Waals surface area contributed by atoms with Gasteiger partial charge in [-0.05, 0) is 19.1 Å². The topological polar surface area (TPSA) is 52.7 Å². The molecule has 0 fully saturated rings. The van der Waals surface area contributed by atoms with Crippen LogP contribution in [-0.2, 0) is 13.1 Å². The molecule has 0 unspecified atom stereocenters. The lowest BCUT2D eigenvalue weighted by Crippen LogP contribution is -2.15. The standard InChI is InChI=1S/C14H13ClN4O/c1-2-19-14(10(15)7-17-19)13(20)8-18-9-16-11-5-3-4-6-12(11)18/h3-7,9H,2,8H2,1H3. The van der Waals surface area contributed by atoms with Crippen molar-refractivity contribution in [3.05, 3.63) is 47.5 Å². The van der Waals surface area contributed by atoms with Crippen LogP contribution >= 0.6 is 11.6 Å². The van der Waals surface area contributed by atoms with Crippen molar-refractivity contribution < 1.29 is 4.79 Å². The van der Waals surface area contributed by atoms with Gasteiger partial charge in [-0.3, -0.25) is 9.48 Å². The fraction of sp³-hybridized carbons (Fsp3) is 0.214. The zero-order valence-electron chi connectivity index (χ0n) is 11.0. The summed E-state index contributed by atoms with van der Waals surface area (Å²) in [6.45, 7) is 2.73. The number of benzene rings is 1. The molecule has 5 nitrogen and oxygen atoms in total. The zero-order valence-corrected chi connectivity index (χ0v) is 11.7. The number of aryl methyl sites for hydroxylation is 1. The summed E-state index contributed by atoms with van der Waals surface area (Å²) in [4.78, 5) is 16.7. The Labute approximate surface area is 120 Å². The van der Waals surface area contributed by atoms with Crippen molar-refractivity contribution in [1.82, 2.24) is 19.3 Å². The van der Waals surface area contributed by atoms with E-state index in [-0.39, 0.29) is 12.3 Å². The highest BCUT2D eigenvalue weighted by Crippen LogP contribution is 2.18. The number of halogens is 1. The Hall–Kier alpha value is -2.14. The van der Waals surface area contributed by atoms with Gasteiger partial charge in [0.1, 0.15) is 5.69 Å². The number of aromatic nitrogens is 4. The Bertz CT molecular complexity index is 774. The molecule has 1 aromatic carbocycles. The second-order valence-corrected chi connectivity index (χ2v) is 4.85. The molecular formula is C14H13ClN4O. The predicted octanol–water partition coefficient (Wildman–Crippen LogP) is 2.79. The molecule has 3 rings (SSSR count). The Kier molecular flexibility index (Phi) is 3.28. The van der Waals surface area contributed by atoms with Crippen molar-refractivity contribution in [3.8, 4) is 0 Å². The van der Waals surface area contributed by atoms with E-state index in [4.69, 9.17) is 11.6 Å². The van der Waals surface area contributed by atoms with Crippen LogP contribution in [0.25, 0.3) is 11.0 Å². The molecule has 0 aliphatic rings. The minimum absolute atomic E-state index is 0.0718. The van der Waals surface area contributed by atoms with E-state index in [1.807, 2.05) is 35.8 Å². The van der Waals surface area contributed by atoms with Crippen LogP contribution in [0.4, 0.5) is 0 Å². The van der Waals surface area contributed by atoms with E-state index in [0.717, 1.165) is 11.0 Å². The Morgan fingerprint density at radius 1 is 1.35 bits per heavy atom. The van der Waals surface area contributed by atoms with Crippen LogP contribution in [0.1, 0.15) is 17.4 Å². The van der Waals surface area contributed by atoms with Crippen molar-refractivity contribution in [1.29, 1.82) is 0 Å². The third kappa shape index (κ3) is 2.10. The van der Waals surface area contributed by atoms with E-state index in [1.165, 1.54) is 6.20 Å². The number of Topliss-reactive ketones (excluding diaryl/α,β-unsaturated/α-hetero) is 1. The maximum absolute atomic E-state index is 12.4. The summed E-state index contributed by atoms with van der Waals surface area (Å²) in [5.74, 6) is -0.0718. The first-order valence-corrected chi connectivity index (χ1v) is 6.73. The van der Waals surface area contributed by atoms with Crippen LogP contribution in [0.5, 0.6) is 0 Å². The van der Waals surface area contributed by atoms with E-state index in [2.05, 4.69) is 10.1 Å². The number of hydrogen-bond acceptors (Lipinski definition) is 3. The quantitative estimate of drug-likeness (QED) is 0.694. The molecule has 20 heavy (non-hydrogen) atoms. The molecule has 6 heteroatoms. The predicted molar refractivity (Wildman–Crippen MR) is 77.0 cm³/mol. The molecule has 0 amide bonds. The second kappa shape index (κ2) is 5.09. The van der Waals surface area contributed by atoms with Gasteiger partial charge in [-0.1, -0.05) is 23.7 Å². The molecule has 0 aliphatic carbocycles. The van der Waals surface area contributed by atoms with Gasteiger partial charge in [-0.25, -0.2) is 4.98 Å². The minimum atomic E-state index is -0.0718. The highest BCUT2D eigenvalue weighted by atomic mass is 35.5. The first-order chi connectivity index (χ1) is 9.70. The maximum atomic E-state index is 12.4. The van der Waals surface area contributed by atoms with Gasteiger partial charge in [0.25, 0.3) is 0 Å². The van der Waals surface area contributed by atoms with E-state index in [0.29, 0.717) is 17.3 Å². The molecule has 3 aromatic rings. The third-order valence-electron chi connectivity index (χ3n) is 3.20. The summed E-state index contributed by atoms with van der Waals surface area (Å²) in [5.41, 5.74) is 2.25. The van der Waals surface area contributed by atoms with E-state index in [9.17, 15) is 4.79 Å². The number of fused-ring (bicyclic) bond motifs is 1. The van der Waals surface area contributed by atoms with Gasteiger partial charge in [-0.15, -0.1) is 0 Å². The summed E-state index contributed by atoms with van der Waals surface area (Å²) in [5, 5.41) is 4.48. The number of hydrogen-bond donors (Lipinski definition) is 0. The second-order valence-electron chi connectivity index (χ2n) is 4.44. The number of rotatable bonds is 4. The molecule has 102 valence electrons. The van der Waals surface area contributed by atoms with Crippen molar-refractivity contribution in [2.75, 3.05) is 0 Å². The molecule has 0 bridgehead atoms. The first kappa shape index (κ1) is 12.9. The van der Waals surface area contributed by atoms with Crippen LogP contribution in [0.15, 0.2) is 36.8 Å². The maximum Gasteiger partial charge on any atom is 0.202 e. The molecular weight excluding hydrogens is 276 g/mol. The van der Waals surface area contributed by atoms with Crippen LogP contribution in [0.2, 0.25) is 5.02 Å². The fourth-order valence-electron chi connectivity index (χ4n) is 2.25. The fourth-order valence-corrected chi connectivity index (χ4v) is 2.49. The largest absolute Gasteiger partial charge is 0.323 e. The lowest BCUT2D eigenvalue weighted by atomic mass is 10.2. The van der Waals surface area contributed by atoms with Crippen LogP contribution in [0.3, 0.4) is 0 Å². The lowest BCUT2D eigenvalue weighted by Gasteiger charge is -2.06. The van der Waals surface area contributed by atoms with E-state index < -0.39 is 0 Å². The molecule has 2 aromatic heterocycles. The van der Waals surface area contributed by atoms with E-state index in [1.54, 1.807) is 11.0 Å². The number of carbonyl (C=O) groups is 1. The summed E-state index contributed by atoms with van der Waals surface area (Å²) in [7, 11) is 0. The van der Waals surface area contributed by atoms with Crippen molar-refractivity contribution in [2.24, 2.45) is 0 Å². The number of ketones is 1. The molecule has 0 saturated heterocycles. The zero-order chi connectivity index (χ0) is 14.1. The average molecular weight is 289 g/mol. The number of para-hydroxylation sites is 2. The van der Waals surface area contributed by atoms with Gasteiger partial charge in [0.2, 0.25) is 5.78 Å². The third-order valence-corrected chi connectivity index (χ3v) is 3.48. The first-order valence-electron chi connectivity index (χ1n) is 6.35. The van der Waals surface area contributed by atoms with Crippen LogP contribution in [-0.4, -0.2) is 25.1 Å². The Morgan fingerprint density at radius 3 is 2.95 bits per heavy atom. The number of nitrogens with zero attached hydrogens (tertiary/aromatic N) is 4.